The Balaban J connectivity index is 2.67. The van der Waals surface area contributed by atoms with Gasteiger partial charge in [-0.25, -0.2) is 0 Å². The van der Waals surface area contributed by atoms with Crippen molar-refractivity contribution in [2.75, 3.05) is 5.73 Å². The molecule has 0 saturated carbocycles. The van der Waals surface area contributed by atoms with E-state index < -0.39 is 0 Å². The predicted molar refractivity (Wildman–Crippen MR) is 60.9 cm³/mol. The van der Waals surface area contributed by atoms with Crippen LogP contribution in [0.4, 0.5) is 5.69 Å². The Kier molecular flexibility index (Phi) is 4.08. The van der Waals surface area contributed by atoms with E-state index >= 15 is 0 Å². The van der Waals surface area contributed by atoms with Gasteiger partial charge >= 0.3 is 0 Å². The zero-order valence-electron chi connectivity index (χ0n) is 8.59. The van der Waals surface area contributed by atoms with Crippen LogP contribution in [0.1, 0.15) is 26.7 Å². The number of rotatable bonds is 4. The SMILES string of the molecule is CCC[C@H](C)Oc1ccc(Cl)cc1N. The average Bonchev–Trinajstić information content (AvgIpc) is 2.10. The van der Waals surface area contributed by atoms with Crippen molar-refractivity contribution in [3.8, 4) is 5.75 Å². The minimum atomic E-state index is 0.198. The number of hydrogen-bond donors (Lipinski definition) is 1. The fourth-order valence-corrected chi connectivity index (χ4v) is 1.49. The number of nitrogen functional groups attached to an aromatic ring is 1. The molecule has 1 aromatic rings. The van der Waals surface area contributed by atoms with E-state index in [9.17, 15) is 0 Å². The van der Waals surface area contributed by atoms with Gasteiger partial charge in [0.25, 0.3) is 0 Å². The van der Waals surface area contributed by atoms with E-state index in [0.29, 0.717) is 10.7 Å². The molecule has 78 valence electrons. The molecule has 2 nitrogen and oxygen atoms in total. The molecule has 0 aliphatic rings. The molecule has 0 saturated heterocycles. The highest BCUT2D eigenvalue weighted by Gasteiger charge is 2.05. The van der Waals surface area contributed by atoms with Crippen molar-refractivity contribution in [3.05, 3.63) is 23.2 Å². The Hall–Kier alpha value is -0.890. The lowest BCUT2D eigenvalue weighted by atomic mass is 10.2. The maximum atomic E-state index is 5.78. The Morgan fingerprint density at radius 2 is 2.21 bits per heavy atom. The quantitative estimate of drug-likeness (QED) is 0.778. The summed E-state index contributed by atoms with van der Waals surface area (Å²) in [6, 6.07) is 5.30. The molecule has 0 heterocycles. The Labute approximate surface area is 90.0 Å². The maximum absolute atomic E-state index is 5.78. The molecule has 0 aliphatic carbocycles. The summed E-state index contributed by atoms with van der Waals surface area (Å²) in [4.78, 5) is 0. The molecule has 1 rings (SSSR count). The van der Waals surface area contributed by atoms with Gasteiger partial charge in [0.15, 0.2) is 0 Å². The minimum absolute atomic E-state index is 0.198. The van der Waals surface area contributed by atoms with Crippen molar-refractivity contribution in [1.82, 2.24) is 0 Å². The highest BCUT2D eigenvalue weighted by Crippen LogP contribution is 2.26. The number of benzene rings is 1. The first-order chi connectivity index (χ1) is 6.63. The molecule has 0 unspecified atom stereocenters. The largest absolute Gasteiger partial charge is 0.489 e. The average molecular weight is 214 g/mol. The third-order valence-electron chi connectivity index (χ3n) is 2.00. The molecule has 14 heavy (non-hydrogen) atoms. The zero-order chi connectivity index (χ0) is 10.6. The van der Waals surface area contributed by atoms with E-state index in [1.54, 1.807) is 12.1 Å². The summed E-state index contributed by atoms with van der Waals surface area (Å²) < 4.78 is 5.66. The van der Waals surface area contributed by atoms with E-state index in [4.69, 9.17) is 22.1 Å². The summed E-state index contributed by atoms with van der Waals surface area (Å²) in [6.45, 7) is 4.17. The molecule has 0 aromatic heterocycles. The van der Waals surface area contributed by atoms with Gasteiger partial charge in [0.1, 0.15) is 5.75 Å². The number of hydrogen-bond acceptors (Lipinski definition) is 2. The first kappa shape index (κ1) is 11.2. The lowest BCUT2D eigenvalue weighted by Gasteiger charge is -2.15. The van der Waals surface area contributed by atoms with E-state index in [1.165, 1.54) is 0 Å². The van der Waals surface area contributed by atoms with Gasteiger partial charge in [-0.3, -0.25) is 0 Å². The van der Waals surface area contributed by atoms with Crippen molar-refractivity contribution < 1.29 is 4.74 Å². The van der Waals surface area contributed by atoms with Gasteiger partial charge in [-0.15, -0.1) is 0 Å². The normalized spacial score (nSPS) is 12.5. The van der Waals surface area contributed by atoms with E-state index in [-0.39, 0.29) is 6.10 Å². The van der Waals surface area contributed by atoms with Crippen molar-refractivity contribution in [2.45, 2.75) is 32.8 Å². The molecule has 3 heteroatoms. The van der Waals surface area contributed by atoms with E-state index in [2.05, 4.69) is 6.92 Å². The Bertz CT molecular complexity index is 301. The molecule has 0 bridgehead atoms. The van der Waals surface area contributed by atoms with E-state index in [0.717, 1.165) is 18.6 Å². The lowest BCUT2D eigenvalue weighted by Crippen LogP contribution is -2.12. The Morgan fingerprint density at radius 3 is 2.79 bits per heavy atom. The third-order valence-corrected chi connectivity index (χ3v) is 2.23. The van der Waals surface area contributed by atoms with Gasteiger partial charge in [0.05, 0.1) is 11.8 Å². The number of anilines is 1. The molecule has 2 N–H and O–H groups in total. The molecule has 1 aromatic carbocycles. The van der Waals surface area contributed by atoms with Gasteiger partial charge in [-0.1, -0.05) is 24.9 Å². The van der Waals surface area contributed by atoms with Crippen molar-refractivity contribution in [3.63, 3.8) is 0 Å². The molecule has 0 amide bonds. The second kappa shape index (κ2) is 5.11. The zero-order valence-corrected chi connectivity index (χ0v) is 9.34. The van der Waals surface area contributed by atoms with Gasteiger partial charge in [0.2, 0.25) is 0 Å². The monoisotopic (exact) mass is 213 g/mol. The predicted octanol–water partition coefficient (Wildman–Crippen LogP) is 3.49. The first-order valence-electron chi connectivity index (χ1n) is 4.85. The summed E-state index contributed by atoms with van der Waals surface area (Å²) in [7, 11) is 0. The van der Waals surface area contributed by atoms with Crippen molar-refractivity contribution in [2.24, 2.45) is 0 Å². The van der Waals surface area contributed by atoms with Gasteiger partial charge in [0, 0.05) is 5.02 Å². The molecular formula is C11H16ClNO. The topological polar surface area (TPSA) is 35.2 Å². The first-order valence-corrected chi connectivity index (χ1v) is 5.23. The van der Waals surface area contributed by atoms with Gasteiger partial charge < -0.3 is 10.5 Å². The Morgan fingerprint density at radius 1 is 1.50 bits per heavy atom. The van der Waals surface area contributed by atoms with Gasteiger partial charge in [-0.2, -0.15) is 0 Å². The summed E-state index contributed by atoms with van der Waals surface area (Å²) in [5, 5.41) is 0.637. The summed E-state index contributed by atoms with van der Waals surface area (Å²) >= 11 is 5.78. The van der Waals surface area contributed by atoms with Crippen LogP contribution < -0.4 is 10.5 Å². The van der Waals surface area contributed by atoms with Crippen LogP contribution in [0, 0.1) is 0 Å². The van der Waals surface area contributed by atoms with Crippen LogP contribution in [-0.4, -0.2) is 6.10 Å². The second-order valence-electron chi connectivity index (χ2n) is 3.40. The van der Waals surface area contributed by atoms with Crippen LogP contribution in [0.15, 0.2) is 18.2 Å². The third kappa shape index (κ3) is 3.11. The molecule has 1 atom stereocenters. The lowest BCUT2D eigenvalue weighted by molar-refractivity contribution is 0.211. The molecule has 0 spiro atoms. The molecule has 0 fully saturated rings. The fourth-order valence-electron chi connectivity index (χ4n) is 1.31. The molecule has 0 radical (unpaired) electrons. The second-order valence-corrected chi connectivity index (χ2v) is 3.84. The van der Waals surface area contributed by atoms with Crippen LogP contribution >= 0.6 is 11.6 Å². The van der Waals surface area contributed by atoms with Gasteiger partial charge in [-0.05, 0) is 31.5 Å². The van der Waals surface area contributed by atoms with Crippen molar-refractivity contribution in [1.29, 1.82) is 0 Å². The van der Waals surface area contributed by atoms with Crippen LogP contribution in [0.2, 0.25) is 5.02 Å². The van der Waals surface area contributed by atoms with Crippen LogP contribution in [0.3, 0.4) is 0 Å². The van der Waals surface area contributed by atoms with Crippen LogP contribution in [0.25, 0.3) is 0 Å². The van der Waals surface area contributed by atoms with Crippen LogP contribution in [0.5, 0.6) is 5.75 Å². The minimum Gasteiger partial charge on any atom is -0.489 e. The maximum Gasteiger partial charge on any atom is 0.142 e. The standard InChI is InChI=1S/C11H16ClNO/c1-3-4-8(2)14-11-6-5-9(12)7-10(11)13/h5-8H,3-4,13H2,1-2H3/t8-/m0/s1. The van der Waals surface area contributed by atoms with Crippen LogP contribution in [-0.2, 0) is 0 Å². The summed E-state index contributed by atoms with van der Waals surface area (Å²) in [5.74, 6) is 0.718. The number of ether oxygens (including phenoxy) is 1. The number of nitrogens with two attached hydrogens (primary N) is 1. The smallest absolute Gasteiger partial charge is 0.142 e. The highest BCUT2D eigenvalue weighted by atomic mass is 35.5. The van der Waals surface area contributed by atoms with E-state index in [1.807, 2.05) is 13.0 Å². The fraction of sp³-hybridized carbons (Fsp3) is 0.455. The molecule has 0 aliphatic heterocycles. The highest BCUT2D eigenvalue weighted by molar-refractivity contribution is 6.30. The van der Waals surface area contributed by atoms with Crippen molar-refractivity contribution >= 4 is 17.3 Å². The molecular weight excluding hydrogens is 198 g/mol. The number of halogens is 1. The summed E-state index contributed by atoms with van der Waals surface area (Å²) in [6.07, 6.45) is 2.33. The summed E-state index contributed by atoms with van der Waals surface area (Å²) in [5.41, 5.74) is 6.35.